The van der Waals surface area contributed by atoms with Crippen molar-refractivity contribution in [2.45, 2.75) is 39.4 Å². The van der Waals surface area contributed by atoms with Crippen molar-refractivity contribution in [3.05, 3.63) is 18.2 Å². The van der Waals surface area contributed by atoms with E-state index in [4.69, 9.17) is 0 Å². The third-order valence-electron chi connectivity index (χ3n) is 3.79. The lowest BCUT2D eigenvalue weighted by Gasteiger charge is -2.30. The third kappa shape index (κ3) is 2.92. The molecule has 0 fully saturated rings. The van der Waals surface area contributed by atoms with Crippen molar-refractivity contribution < 1.29 is 14.7 Å². The van der Waals surface area contributed by atoms with E-state index in [1.807, 2.05) is 24.6 Å². The molecule has 0 spiro atoms. The minimum atomic E-state index is -0.994. The summed E-state index contributed by atoms with van der Waals surface area (Å²) in [6.07, 6.45) is 4.28. The number of carboxylic acids is 1. The first-order chi connectivity index (χ1) is 9.52. The van der Waals surface area contributed by atoms with Crippen molar-refractivity contribution in [1.29, 1.82) is 0 Å². The Balaban J connectivity index is 2.00. The number of carbonyl (C=O) groups is 2. The number of aromatic nitrogens is 2. The van der Waals surface area contributed by atoms with E-state index in [0.717, 1.165) is 5.82 Å². The molecule has 0 bridgehead atoms. The van der Waals surface area contributed by atoms with Crippen LogP contribution in [0.5, 0.6) is 0 Å². The molecule has 110 valence electrons. The Morgan fingerprint density at radius 1 is 1.50 bits per heavy atom. The molecular weight excluding hydrogens is 260 g/mol. The number of aliphatic carboxylic acids is 1. The summed E-state index contributed by atoms with van der Waals surface area (Å²) in [6.45, 7) is 5.38. The summed E-state index contributed by atoms with van der Waals surface area (Å²) in [6, 6.07) is -1.19. The van der Waals surface area contributed by atoms with Crippen LogP contribution in [0.25, 0.3) is 0 Å². The molecule has 7 heteroatoms. The topological polar surface area (TPSA) is 87.5 Å². The number of carboxylic acid groups (broad SMARTS) is 1. The largest absolute Gasteiger partial charge is 0.480 e. The highest BCUT2D eigenvalue weighted by atomic mass is 16.4. The van der Waals surface area contributed by atoms with Gasteiger partial charge >= 0.3 is 12.0 Å². The number of nitrogens with one attached hydrogen (secondary N) is 1. The van der Waals surface area contributed by atoms with Crippen molar-refractivity contribution in [3.63, 3.8) is 0 Å². The van der Waals surface area contributed by atoms with Gasteiger partial charge in [-0.2, -0.15) is 0 Å². The summed E-state index contributed by atoms with van der Waals surface area (Å²) in [7, 11) is 0. The van der Waals surface area contributed by atoms with Gasteiger partial charge in [0.15, 0.2) is 0 Å². The second kappa shape index (κ2) is 5.94. The molecule has 2 rings (SSSR count). The Bertz CT molecular complexity index is 500. The number of nitrogens with zero attached hydrogens (tertiary/aromatic N) is 3. The van der Waals surface area contributed by atoms with Gasteiger partial charge in [-0.1, -0.05) is 20.3 Å². The fourth-order valence-corrected chi connectivity index (χ4v) is 2.25. The van der Waals surface area contributed by atoms with Gasteiger partial charge in [0.05, 0.1) is 6.54 Å². The van der Waals surface area contributed by atoms with Crippen LogP contribution in [0, 0.1) is 5.92 Å². The molecule has 0 aromatic carbocycles. The fraction of sp³-hybridized carbons (Fsp3) is 0.615. The molecule has 0 radical (unpaired) electrons. The van der Waals surface area contributed by atoms with Crippen LogP contribution in [-0.4, -0.2) is 44.1 Å². The maximum atomic E-state index is 12.2. The van der Waals surface area contributed by atoms with Crippen LogP contribution in [0.3, 0.4) is 0 Å². The number of rotatable bonds is 4. The molecule has 2 atom stereocenters. The van der Waals surface area contributed by atoms with E-state index in [1.54, 1.807) is 11.1 Å². The van der Waals surface area contributed by atoms with Gasteiger partial charge in [-0.05, 0) is 5.92 Å². The molecule has 1 aromatic heterocycles. The van der Waals surface area contributed by atoms with Crippen molar-refractivity contribution >= 4 is 12.0 Å². The summed E-state index contributed by atoms with van der Waals surface area (Å²) in [5, 5.41) is 11.8. The zero-order valence-electron chi connectivity index (χ0n) is 11.7. The van der Waals surface area contributed by atoms with Gasteiger partial charge in [0.1, 0.15) is 11.9 Å². The Kier molecular flexibility index (Phi) is 4.26. The second-order valence-corrected chi connectivity index (χ2v) is 5.11. The molecule has 0 aliphatic carbocycles. The first-order valence-electron chi connectivity index (χ1n) is 6.81. The highest BCUT2D eigenvalue weighted by molar-refractivity contribution is 5.82. The number of hydrogen-bond acceptors (Lipinski definition) is 3. The molecule has 2 N–H and O–H groups in total. The van der Waals surface area contributed by atoms with Crippen LogP contribution in [0.15, 0.2) is 12.4 Å². The number of fused-ring (bicyclic) bond motifs is 1. The molecule has 20 heavy (non-hydrogen) atoms. The summed E-state index contributed by atoms with van der Waals surface area (Å²) in [5.41, 5.74) is 0. The van der Waals surface area contributed by atoms with E-state index >= 15 is 0 Å². The summed E-state index contributed by atoms with van der Waals surface area (Å²) in [4.78, 5) is 29.2. The standard InChI is InChI=1S/C13H20N4O3/c1-3-9(2)11(12(18)19)15-13(20)17-7-6-16-5-4-14-10(16)8-17/h4-5,9,11H,3,6-8H2,1-2H3,(H,15,20)(H,18,19)/t9-,11-/m0/s1. The SMILES string of the molecule is CC[C@H](C)[C@H](NC(=O)N1CCn2ccnc2C1)C(=O)O. The average Bonchev–Trinajstić information content (AvgIpc) is 2.90. The van der Waals surface area contributed by atoms with Crippen molar-refractivity contribution in [1.82, 2.24) is 19.8 Å². The number of imidazole rings is 1. The highest BCUT2D eigenvalue weighted by Crippen LogP contribution is 2.12. The summed E-state index contributed by atoms with van der Waals surface area (Å²) >= 11 is 0. The highest BCUT2D eigenvalue weighted by Gasteiger charge is 2.29. The summed E-state index contributed by atoms with van der Waals surface area (Å²) in [5.74, 6) is -0.281. The van der Waals surface area contributed by atoms with Gasteiger partial charge < -0.3 is 19.9 Å². The molecule has 1 aliphatic rings. The average molecular weight is 280 g/mol. The minimum Gasteiger partial charge on any atom is -0.480 e. The molecule has 2 amide bonds. The number of hydrogen-bond donors (Lipinski definition) is 2. The van der Waals surface area contributed by atoms with Crippen LogP contribution in [0.2, 0.25) is 0 Å². The van der Waals surface area contributed by atoms with Crippen LogP contribution < -0.4 is 5.32 Å². The van der Waals surface area contributed by atoms with Crippen molar-refractivity contribution in [3.8, 4) is 0 Å². The van der Waals surface area contributed by atoms with E-state index in [-0.39, 0.29) is 11.9 Å². The van der Waals surface area contributed by atoms with Gasteiger partial charge in [0.2, 0.25) is 0 Å². The Morgan fingerprint density at radius 2 is 2.25 bits per heavy atom. The maximum absolute atomic E-state index is 12.2. The van der Waals surface area contributed by atoms with Crippen LogP contribution in [0.1, 0.15) is 26.1 Å². The maximum Gasteiger partial charge on any atom is 0.326 e. The summed E-state index contributed by atoms with van der Waals surface area (Å²) < 4.78 is 1.99. The minimum absolute atomic E-state index is 0.108. The van der Waals surface area contributed by atoms with E-state index < -0.39 is 12.0 Å². The predicted molar refractivity (Wildman–Crippen MR) is 72.0 cm³/mol. The zero-order chi connectivity index (χ0) is 14.7. The molecule has 1 aromatic rings. The Labute approximate surface area is 117 Å². The molecular formula is C13H20N4O3. The Hall–Kier alpha value is -2.05. The van der Waals surface area contributed by atoms with E-state index in [2.05, 4.69) is 10.3 Å². The van der Waals surface area contributed by atoms with Crippen molar-refractivity contribution in [2.75, 3.05) is 6.54 Å². The Morgan fingerprint density at radius 3 is 2.90 bits per heavy atom. The van der Waals surface area contributed by atoms with Gasteiger partial charge in [0, 0.05) is 25.5 Å². The predicted octanol–water partition coefficient (Wildman–Crippen LogP) is 0.908. The lowest BCUT2D eigenvalue weighted by atomic mass is 9.99. The van der Waals surface area contributed by atoms with Gasteiger partial charge in [-0.15, -0.1) is 0 Å². The fourth-order valence-electron chi connectivity index (χ4n) is 2.25. The molecule has 1 aliphatic heterocycles. The van der Waals surface area contributed by atoms with Gasteiger partial charge in [0.25, 0.3) is 0 Å². The monoisotopic (exact) mass is 280 g/mol. The van der Waals surface area contributed by atoms with E-state index in [9.17, 15) is 14.7 Å². The molecule has 7 nitrogen and oxygen atoms in total. The molecule has 0 saturated heterocycles. The molecule has 2 heterocycles. The molecule has 0 saturated carbocycles. The number of carbonyl (C=O) groups excluding carboxylic acids is 1. The first-order valence-corrected chi connectivity index (χ1v) is 6.81. The number of urea groups is 1. The smallest absolute Gasteiger partial charge is 0.326 e. The first kappa shape index (κ1) is 14.4. The quantitative estimate of drug-likeness (QED) is 0.858. The van der Waals surface area contributed by atoms with Crippen molar-refractivity contribution in [2.24, 2.45) is 5.92 Å². The van der Waals surface area contributed by atoms with Gasteiger partial charge in [-0.25, -0.2) is 14.6 Å². The van der Waals surface area contributed by atoms with E-state index in [0.29, 0.717) is 26.1 Å². The zero-order valence-corrected chi connectivity index (χ0v) is 11.7. The number of amides is 2. The third-order valence-corrected chi connectivity index (χ3v) is 3.79. The van der Waals surface area contributed by atoms with Gasteiger partial charge in [-0.3, -0.25) is 0 Å². The van der Waals surface area contributed by atoms with E-state index in [1.165, 1.54) is 0 Å². The lowest BCUT2D eigenvalue weighted by Crippen LogP contribution is -2.52. The second-order valence-electron chi connectivity index (χ2n) is 5.11. The van der Waals surface area contributed by atoms with Crippen LogP contribution in [0.4, 0.5) is 4.79 Å². The lowest BCUT2D eigenvalue weighted by molar-refractivity contribution is -0.140. The van der Waals surface area contributed by atoms with Crippen LogP contribution >= 0.6 is 0 Å². The van der Waals surface area contributed by atoms with Crippen LogP contribution in [-0.2, 0) is 17.9 Å². The normalized spacial score (nSPS) is 17.2. The molecule has 0 unspecified atom stereocenters.